The van der Waals surface area contributed by atoms with E-state index in [1.807, 2.05) is 6.07 Å². The molecule has 2 N–H and O–H groups in total. The molecule has 0 saturated heterocycles. The van der Waals surface area contributed by atoms with Crippen molar-refractivity contribution in [2.24, 2.45) is 0 Å². The van der Waals surface area contributed by atoms with Crippen molar-refractivity contribution in [1.29, 1.82) is 0 Å². The van der Waals surface area contributed by atoms with Crippen molar-refractivity contribution >= 4 is 30.0 Å². The van der Waals surface area contributed by atoms with Gasteiger partial charge in [-0.25, -0.2) is 4.79 Å². The molecule has 2 rings (SSSR count). The van der Waals surface area contributed by atoms with Crippen molar-refractivity contribution < 1.29 is 28.7 Å². The molecule has 0 saturated carbocycles. The van der Waals surface area contributed by atoms with Gasteiger partial charge in [-0.15, -0.1) is 0 Å². The number of terminal acetylenes is 1. The fourth-order valence-electron chi connectivity index (χ4n) is 3.53. The summed E-state index contributed by atoms with van der Waals surface area (Å²) >= 11 is 0. The van der Waals surface area contributed by atoms with Gasteiger partial charge in [-0.1, -0.05) is 67.6 Å². The summed E-state index contributed by atoms with van der Waals surface area (Å²) in [5, 5.41) is 5.05. The highest BCUT2D eigenvalue weighted by Gasteiger charge is 2.36. The Hall–Kier alpha value is -4.58. The third-order valence-electron chi connectivity index (χ3n) is 5.25. The van der Waals surface area contributed by atoms with Crippen molar-refractivity contribution in [3.8, 4) is 12.5 Å². The highest BCUT2D eigenvalue weighted by Crippen LogP contribution is 2.24. The highest BCUT2D eigenvalue weighted by atomic mass is 16.6. The molecule has 2 unspecified atom stereocenters. The summed E-state index contributed by atoms with van der Waals surface area (Å²) in [6.45, 7) is 8.40. The number of alkyl carbamates (subject to hydrolysis) is 1. The van der Waals surface area contributed by atoms with Gasteiger partial charge < -0.3 is 20.1 Å². The Bertz CT molecular complexity index is 1200. The molecular formula is C29H33N3O6. The zero-order chi connectivity index (χ0) is 28.3. The van der Waals surface area contributed by atoms with Gasteiger partial charge in [0.1, 0.15) is 24.2 Å². The lowest BCUT2D eigenvalue weighted by Gasteiger charge is -2.30. The Morgan fingerprint density at radius 1 is 1.11 bits per heavy atom. The molecule has 0 spiro atoms. The number of hydrogen-bond acceptors (Lipinski definition) is 6. The summed E-state index contributed by atoms with van der Waals surface area (Å²) in [5.41, 5.74) is 1.01. The molecule has 9 nitrogen and oxygen atoms in total. The second-order valence-corrected chi connectivity index (χ2v) is 9.30. The van der Waals surface area contributed by atoms with E-state index < -0.39 is 48.1 Å². The van der Waals surface area contributed by atoms with Crippen LogP contribution in [0.15, 0.2) is 61.2 Å². The van der Waals surface area contributed by atoms with E-state index >= 15 is 0 Å². The van der Waals surface area contributed by atoms with Crippen LogP contribution in [0.5, 0.6) is 0 Å². The third-order valence-corrected chi connectivity index (χ3v) is 5.25. The largest absolute Gasteiger partial charge is 0.468 e. The highest BCUT2D eigenvalue weighted by molar-refractivity contribution is 5.94. The Labute approximate surface area is 223 Å². The van der Waals surface area contributed by atoms with Crippen LogP contribution in [0.3, 0.4) is 0 Å². The van der Waals surface area contributed by atoms with Gasteiger partial charge >= 0.3 is 12.1 Å². The summed E-state index contributed by atoms with van der Waals surface area (Å²) < 4.78 is 9.95. The molecule has 0 fully saturated rings. The summed E-state index contributed by atoms with van der Waals surface area (Å²) in [4.78, 5) is 52.4. The van der Waals surface area contributed by atoms with Crippen molar-refractivity contribution in [1.82, 2.24) is 15.5 Å². The van der Waals surface area contributed by atoms with Crippen molar-refractivity contribution in [2.45, 2.75) is 44.9 Å². The smallest absolute Gasteiger partial charge is 0.408 e. The van der Waals surface area contributed by atoms with Crippen molar-refractivity contribution in [3.63, 3.8) is 0 Å². The quantitative estimate of drug-likeness (QED) is 0.283. The Balaban J connectivity index is 2.49. The van der Waals surface area contributed by atoms with Crippen LogP contribution in [0.1, 0.15) is 43.5 Å². The van der Waals surface area contributed by atoms with Crippen LogP contribution in [0.4, 0.5) is 4.79 Å². The molecule has 0 aromatic heterocycles. The Morgan fingerprint density at radius 2 is 1.79 bits per heavy atom. The fraction of sp³-hybridized carbons (Fsp3) is 0.310. The average molecular weight is 520 g/mol. The maximum atomic E-state index is 13.9. The number of benzene rings is 2. The first kappa shape index (κ1) is 29.6. The molecule has 9 heteroatoms. The second-order valence-electron chi connectivity index (χ2n) is 9.30. The first-order valence-electron chi connectivity index (χ1n) is 11.9. The average Bonchev–Trinajstić information content (AvgIpc) is 2.88. The molecular weight excluding hydrogens is 486 g/mol. The van der Waals surface area contributed by atoms with Gasteiger partial charge in [0.15, 0.2) is 0 Å². The Morgan fingerprint density at radius 3 is 2.37 bits per heavy atom. The number of nitrogens with one attached hydrogen (secondary N) is 2. The van der Waals surface area contributed by atoms with E-state index in [-0.39, 0.29) is 6.42 Å². The number of amides is 3. The molecule has 0 bridgehead atoms. The van der Waals surface area contributed by atoms with Crippen LogP contribution >= 0.6 is 0 Å². The van der Waals surface area contributed by atoms with Crippen molar-refractivity contribution in [2.75, 3.05) is 13.7 Å². The van der Waals surface area contributed by atoms with Gasteiger partial charge in [-0.05, 0) is 43.5 Å². The number of rotatable bonds is 10. The minimum absolute atomic E-state index is 0.0836. The zero-order valence-electron chi connectivity index (χ0n) is 22.0. The molecule has 38 heavy (non-hydrogen) atoms. The normalized spacial score (nSPS) is 12.2. The number of ether oxygens (including phenoxy) is 2. The molecule has 2 atom stereocenters. The van der Waals surface area contributed by atoms with Crippen LogP contribution in [-0.2, 0) is 30.3 Å². The van der Waals surface area contributed by atoms with Gasteiger partial charge in [0.25, 0.3) is 5.91 Å². The molecule has 0 aliphatic rings. The standard InChI is InChI=1S/C29H33N3O6/c1-7-20-15-12-16-22(17-20)25(26(34)30-19-24(33)37-6)32(8-2)27(35)23(18-21-13-10-9-11-14-21)31-28(36)38-29(3,4)5/h2,7,9-17,23,25H,1,18-19H2,3-6H3,(H,30,34)(H,31,36). The molecule has 2 aromatic rings. The van der Waals surface area contributed by atoms with Gasteiger partial charge in [0.05, 0.1) is 7.11 Å². The van der Waals surface area contributed by atoms with E-state index in [1.54, 1.807) is 75.4 Å². The summed E-state index contributed by atoms with van der Waals surface area (Å²) in [5.74, 6) is -2.10. The van der Waals surface area contributed by atoms with Gasteiger partial charge in [-0.2, -0.15) is 0 Å². The summed E-state index contributed by atoms with van der Waals surface area (Å²) in [6.07, 6.45) is 6.63. The maximum absolute atomic E-state index is 13.9. The number of hydrogen-bond donors (Lipinski definition) is 2. The van der Waals surface area contributed by atoms with Crippen LogP contribution in [0.2, 0.25) is 0 Å². The van der Waals surface area contributed by atoms with Gasteiger partial charge in [-0.3, -0.25) is 19.3 Å². The zero-order valence-corrected chi connectivity index (χ0v) is 22.0. The molecule has 0 aliphatic carbocycles. The first-order valence-corrected chi connectivity index (χ1v) is 11.9. The third kappa shape index (κ3) is 8.82. The van der Waals surface area contributed by atoms with E-state index in [0.29, 0.717) is 11.1 Å². The topological polar surface area (TPSA) is 114 Å². The van der Waals surface area contributed by atoms with Crippen LogP contribution < -0.4 is 10.6 Å². The lowest BCUT2D eigenvalue weighted by molar-refractivity contribution is -0.142. The minimum Gasteiger partial charge on any atom is -0.468 e. The molecule has 0 radical (unpaired) electrons. The van der Waals surface area contributed by atoms with E-state index in [1.165, 1.54) is 7.11 Å². The van der Waals surface area contributed by atoms with E-state index in [2.05, 4.69) is 28.0 Å². The summed E-state index contributed by atoms with van der Waals surface area (Å²) in [6, 6.07) is 15.6. The Kier molecular flexibility index (Phi) is 10.7. The minimum atomic E-state index is -1.32. The van der Waals surface area contributed by atoms with Gasteiger partial charge in [0.2, 0.25) is 5.91 Å². The molecule has 3 amide bonds. The van der Waals surface area contributed by atoms with Crippen LogP contribution in [0, 0.1) is 12.5 Å². The lowest BCUT2D eigenvalue weighted by Crippen LogP contribution is -2.52. The summed E-state index contributed by atoms with van der Waals surface area (Å²) in [7, 11) is 1.19. The molecule has 2 aromatic carbocycles. The van der Waals surface area contributed by atoms with Crippen LogP contribution in [0.25, 0.3) is 6.08 Å². The van der Waals surface area contributed by atoms with Crippen LogP contribution in [-0.4, -0.2) is 54.1 Å². The fourth-order valence-corrected chi connectivity index (χ4v) is 3.53. The monoisotopic (exact) mass is 519 g/mol. The number of methoxy groups -OCH3 is 1. The number of carbonyl (C=O) groups is 4. The molecule has 200 valence electrons. The van der Waals surface area contributed by atoms with Gasteiger partial charge in [0, 0.05) is 12.5 Å². The number of esters is 1. The van der Waals surface area contributed by atoms with E-state index in [0.717, 1.165) is 10.5 Å². The maximum Gasteiger partial charge on any atom is 0.408 e. The van der Waals surface area contributed by atoms with Crippen molar-refractivity contribution in [3.05, 3.63) is 77.9 Å². The number of carbonyl (C=O) groups excluding carboxylic acids is 4. The predicted molar refractivity (Wildman–Crippen MR) is 143 cm³/mol. The molecule has 0 aliphatic heterocycles. The lowest BCUT2D eigenvalue weighted by atomic mass is 9.99. The first-order chi connectivity index (χ1) is 18.0. The predicted octanol–water partition coefficient (Wildman–Crippen LogP) is 3.22. The SMILES string of the molecule is C#CN(C(=O)C(Cc1ccccc1)NC(=O)OC(C)(C)C)C(C(=O)NCC(=O)OC)c1cccc(C=C)c1. The van der Waals surface area contributed by atoms with E-state index in [4.69, 9.17) is 11.2 Å². The molecule has 0 heterocycles. The number of nitrogens with zero attached hydrogens (tertiary/aromatic N) is 1. The van der Waals surface area contributed by atoms with E-state index in [9.17, 15) is 19.2 Å². The second kappa shape index (κ2) is 13.7.